The topological polar surface area (TPSA) is 109 Å². The lowest BCUT2D eigenvalue weighted by Gasteiger charge is -2.15. The number of hydrogen-bond acceptors (Lipinski definition) is 4. The van der Waals surface area contributed by atoms with Gasteiger partial charge in [0.1, 0.15) is 9.79 Å². The Morgan fingerprint density at radius 2 is 1.00 bits per heavy atom. The van der Waals surface area contributed by atoms with Gasteiger partial charge in [0, 0.05) is 5.39 Å². The van der Waals surface area contributed by atoms with Crippen molar-refractivity contribution in [3.8, 4) is 0 Å². The Morgan fingerprint density at radius 1 is 0.553 bits per heavy atom. The summed E-state index contributed by atoms with van der Waals surface area (Å²) in [6.45, 7) is 2.24. The van der Waals surface area contributed by atoms with Crippen molar-refractivity contribution in [2.75, 3.05) is 0 Å². The Morgan fingerprint density at radius 3 is 1.47 bits per heavy atom. The van der Waals surface area contributed by atoms with Gasteiger partial charge >= 0.3 is 0 Å². The van der Waals surface area contributed by atoms with Crippen LogP contribution in [0, 0.1) is 0 Å². The Kier molecular flexibility index (Phi) is 11.6. The number of aryl methyl sites for hydroxylation is 1. The number of hydrogen-bond donors (Lipinski definition) is 2. The minimum absolute atomic E-state index is 0.0727. The van der Waals surface area contributed by atoms with Gasteiger partial charge in [-0.3, -0.25) is 9.11 Å². The van der Waals surface area contributed by atoms with E-state index >= 15 is 0 Å². The van der Waals surface area contributed by atoms with Crippen LogP contribution in [0.1, 0.15) is 102 Å². The lowest BCUT2D eigenvalue weighted by molar-refractivity contribution is 0.466. The van der Waals surface area contributed by atoms with Crippen LogP contribution in [-0.4, -0.2) is 25.9 Å². The molecule has 0 atom stereocenters. The first-order chi connectivity index (χ1) is 18.1. The van der Waals surface area contributed by atoms with E-state index in [4.69, 9.17) is 0 Å². The maximum Gasteiger partial charge on any atom is 0.296 e. The highest BCUT2D eigenvalue weighted by atomic mass is 32.2. The molecule has 0 bridgehead atoms. The van der Waals surface area contributed by atoms with Crippen molar-refractivity contribution in [1.29, 1.82) is 0 Å². The molecule has 0 unspecified atom stereocenters. The van der Waals surface area contributed by atoms with Crippen LogP contribution in [0.2, 0.25) is 0 Å². The monoisotopic (exact) mass is 562 g/mol. The third-order valence-corrected chi connectivity index (χ3v) is 9.36. The molecule has 0 aliphatic rings. The Bertz CT molecular complexity index is 1410. The predicted octanol–water partition coefficient (Wildman–Crippen LogP) is 8.51. The van der Waals surface area contributed by atoms with Crippen LogP contribution >= 0.6 is 0 Å². The molecule has 0 spiro atoms. The van der Waals surface area contributed by atoms with Crippen LogP contribution < -0.4 is 0 Å². The van der Waals surface area contributed by atoms with Crippen molar-refractivity contribution in [3.05, 3.63) is 48.0 Å². The molecule has 38 heavy (non-hydrogen) atoms. The fourth-order valence-electron chi connectivity index (χ4n) is 5.33. The zero-order valence-electron chi connectivity index (χ0n) is 22.5. The summed E-state index contributed by atoms with van der Waals surface area (Å²) in [6, 6.07) is 12.3. The highest BCUT2D eigenvalue weighted by molar-refractivity contribution is 7.89. The number of rotatable bonds is 17. The van der Waals surface area contributed by atoms with Crippen molar-refractivity contribution in [1.82, 2.24) is 0 Å². The van der Waals surface area contributed by atoms with Crippen molar-refractivity contribution < 1.29 is 25.9 Å². The number of fused-ring (bicyclic) bond motifs is 2. The molecule has 8 heteroatoms. The number of benzene rings is 3. The number of unbranched alkanes of at least 4 members (excludes halogenated alkanes) is 13. The summed E-state index contributed by atoms with van der Waals surface area (Å²) in [6.07, 6.45) is 17.0. The average Bonchev–Trinajstić information content (AvgIpc) is 2.85. The SMILES string of the molecule is CCCCCCCCCCCCCCCCc1cc2cc3ccccc3cc2c(S(=O)(=O)O)c1S(=O)(=O)O. The maximum absolute atomic E-state index is 12.4. The molecule has 0 aliphatic carbocycles. The zero-order valence-corrected chi connectivity index (χ0v) is 24.1. The highest BCUT2D eigenvalue weighted by Crippen LogP contribution is 2.36. The lowest BCUT2D eigenvalue weighted by Crippen LogP contribution is -2.12. The highest BCUT2D eigenvalue weighted by Gasteiger charge is 2.30. The largest absolute Gasteiger partial charge is 0.296 e. The van der Waals surface area contributed by atoms with Gasteiger partial charge in [0.05, 0.1) is 0 Å². The Hall–Kier alpha value is -2.00. The molecule has 0 radical (unpaired) electrons. The summed E-state index contributed by atoms with van der Waals surface area (Å²) in [4.78, 5) is -1.46. The molecule has 0 saturated heterocycles. The minimum Gasteiger partial charge on any atom is -0.282 e. The average molecular weight is 563 g/mol. The van der Waals surface area contributed by atoms with Crippen molar-refractivity contribution in [3.63, 3.8) is 0 Å². The van der Waals surface area contributed by atoms with Gasteiger partial charge in [-0.1, -0.05) is 115 Å². The summed E-state index contributed by atoms with van der Waals surface area (Å²) in [5, 5.41) is 2.14. The standard InChI is InChI=1S/C30H42O6S2/c1-2-3-4-5-6-7-8-9-10-11-12-13-14-15-20-26-22-27-21-24-18-16-17-19-25(24)23-28(27)30(38(34,35)36)29(26)37(31,32)33/h16-19,21-23H,2-15,20H2,1H3,(H,31,32,33)(H,34,35,36). The van der Waals surface area contributed by atoms with E-state index < -0.39 is 30.0 Å². The van der Waals surface area contributed by atoms with Crippen molar-refractivity contribution >= 4 is 41.8 Å². The van der Waals surface area contributed by atoms with Crippen LogP contribution in [0.25, 0.3) is 21.5 Å². The van der Waals surface area contributed by atoms with E-state index in [1.165, 1.54) is 64.2 Å². The summed E-state index contributed by atoms with van der Waals surface area (Å²) >= 11 is 0. The summed E-state index contributed by atoms with van der Waals surface area (Å²) in [5.41, 5.74) is 0.210. The third kappa shape index (κ3) is 8.76. The van der Waals surface area contributed by atoms with Gasteiger partial charge in [-0.05, 0) is 52.8 Å². The molecule has 0 saturated carbocycles. The first-order valence-electron chi connectivity index (χ1n) is 14.1. The Labute approximate surface area is 228 Å². The van der Waals surface area contributed by atoms with Crippen molar-refractivity contribution in [2.24, 2.45) is 0 Å². The summed E-state index contributed by atoms with van der Waals surface area (Å²) < 4.78 is 69.5. The molecule has 3 rings (SSSR count). The summed E-state index contributed by atoms with van der Waals surface area (Å²) in [7, 11) is -9.83. The normalized spacial score (nSPS) is 12.5. The fourth-order valence-corrected chi connectivity index (χ4v) is 7.62. The van der Waals surface area contributed by atoms with E-state index in [1.807, 2.05) is 12.1 Å². The van der Waals surface area contributed by atoms with Crippen molar-refractivity contribution in [2.45, 2.75) is 113 Å². The van der Waals surface area contributed by atoms with E-state index in [-0.39, 0.29) is 10.9 Å². The van der Waals surface area contributed by atoms with E-state index in [0.717, 1.165) is 24.6 Å². The third-order valence-electron chi connectivity index (χ3n) is 7.31. The smallest absolute Gasteiger partial charge is 0.282 e. The molecule has 0 fully saturated rings. The molecule has 0 heterocycles. The lowest BCUT2D eigenvalue weighted by atomic mass is 9.98. The molecule has 2 N–H and O–H groups in total. The Balaban J connectivity index is 1.62. The second kappa shape index (κ2) is 14.4. The second-order valence-corrected chi connectivity index (χ2v) is 13.1. The molecule has 6 nitrogen and oxygen atoms in total. The molecule has 0 aliphatic heterocycles. The predicted molar refractivity (Wildman–Crippen MR) is 155 cm³/mol. The van der Waals surface area contributed by atoms with E-state index in [1.54, 1.807) is 30.3 Å². The van der Waals surface area contributed by atoms with Gasteiger partial charge in [-0.15, -0.1) is 0 Å². The molecular weight excluding hydrogens is 520 g/mol. The molecule has 210 valence electrons. The van der Waals surface area contributed by atoms with Crippen LogP contribution in [0.3, 0.4) is 0 Å². The van der Waals surface area contributed by atoms with Gasteiger partial charge in [0.15, 0.2) is 0 Å². The zero-order chi connectivity index (χ0) is 27.6. The van der Waals surface area contributed by atoms with E-state index in [0.29, 0.717) is 23.6 Å². The van der Waals surface area contributed by atoms with Gasteiger partial charge in [-0.2, -0.15) is 16.8 Å². The van der Waals surface area contributed by atoms with Gasteiger partial charge < -0.3 is 0 Å². The first-order valence-corrected chi connectivity index (χ1v) is 16.9. The van der Waals surface area contributed by atoms with Gasteiger partial charge in [-0.25, -0.2) is 0 Å². The quantitative estimate of drug-likeness (QED) is 0.0969. The molecular formula is C30H42O6S2. The van der Waals surface area contributed by atoms with Crippen LogP contribution in [0.4, 0.5) is 0 Å². The van der Waals surface area contributed by atoms with Crippen LogP contribution in [-0.2, 0) is 26.7 Å². The molecule has 0 amide bonds. The second-order valence-electron chi connectivity index (χ2n) is 10.4. The fraction of sp³-hybridized carbons (Fsp3) is 0.533. The van der Waals surface area contributed by atoms with Gasteiger partial charge in [0.25, 0.3) is 20.2 Å². The van der Waals surface area contributed by atoms with Crippen LogP contribution in [0.15, 0.2) is 52.3 Å². The summed E-state index contributed by atoms with van der Waals surface area (Å²) in [5.74, 6) is 0. The minimum atomic E-state index is -4.93. The molecule has 3 aromatic carbocycles. The first kappa shape index (κ1) is 30.5. The van der Waals surface area contributed by atoms with Gasteiger partial charge in [0.2, 0.25) is 0 Å². The van der Waals surface area contributed by atoms with E-state index in [9.17, 15) is 25.9 Å². The molecule has 3 aromatic rings. The van der Waals surface area contributed by atoms with E-state index in [2.05, 4.69) is 6.92 Å². The van der Waals surface area contributed by atoms with Crippen LogP contribution in [0.5, 0.6) is 0 Å². The maximum atomic E-state index is 12.4. The molecule has 0 aromatic heterocycles.